The first-order valence-corrected chi connectivity index (χ1v) is 7.76. The minimum Gasteiger partial charge on any atom is -0.321 e. The van der Waals surface area contributed by atoms with Crippen molar-refractivity contribution in [2.24, 2.45) is 0 Å². The molecule has 0 unspecified atom stereocenters. The highest BCUT2D eigenvalue weighted by molar-refractivity contribution is 6.04. The fourth-order valence-corrected chi connectivity index (χ4v) is 2.62. The van der Waals surface area contributed by atoms with Crippen molar-refractivity contribution < 1.29 is 18.0 Å². The third-order valence-electron chi connectivity index (χ3n) is 3.96. The molecule has 0 fully saturated rings. The summed E-state index contributed by atoms with van der Waals surface area (Å²) in [6.07, 6.45) is -2.72. The van der Waals surface area contributed by atoms with Crippen molar-refractivity contribution >= 4 is 17.2 Å². The van der Waals surface area contributed by atoms with E-state index in [2.05, 4.69) is 10.3 Å². The Morgan fingerprint density at radius 3 is 2.44 bits per heavy atom. The predicted molar refractivity (Wildman–Crippen MR) is 88.7 cm³/mol. The van der Waals surface area contributed by atoms with E-state index in [0.717, 1.165) is 24.2 Å². The normalized spacial score (nSPS) is 11.7. The molecule has 2 heterocycles. The fourth-order valence-electron chi connectivity index (χ4n) is 2.62. The number of alkyl halides is 3. The van der Waals surface area contributed by atoms with Crippen LogP contribution in [0, 0.1) is 6.92 Å². The van der Waals surface area contributed by atoms with E-state index in [-0.39, 0.29) is 11.3 Å². The lowest BCUT2D eigenvalue weighted by Crippen LogP contribution is -2.16. The van der Waals surface area contributed by atoms with Crippen LogP contribution < -0.4 is 5.32 Å². The zero-order chi connectivity index (χ0) is 18.2. The number of halogens is 3. The van der Waals surface area contributed by atoms with E-state index in [1.165, 1.54) is 10.5 Å². The van der Waals surface area contributed by atoms with Crippen molar-refractivity contribution in [3.8, 4) is 0 Å². The van der Waals surface area contributed by atoms with Crippen molar-refractivity contribution in [2.45, 2.75) is 26.4 Å². The van der Waals surface area contributed by atoms with Crippen LogP contribution in [0.4, 0.5) is 18.9 Å². The summed E-state index contributed by atoms with van der Waals surface area (Å²) in [7, 11) is 0. The smallest absolute Gasteiger partial charge is 0.321 e. The molecule has 0 bridgehead atoms. The Balaban J connectivity index is 1.98. The summed E-state index contributed by atoms with van der Waals surface area (Å²) in [6, 6.07) is 9.50. The zero-order valence-corrected chi connectivity index (χ0v) is 13.7. The van der Waals surface area contributed by atoms with E-state index >= 15 is 0 Å². The van der Waals surface area contributed by atoms with E-state index in [4.69, 9.17) is 0 Å². The number of imidazole rings is 1. The molecule has 4 nitrogen and oxygen atoms in total. The van der Waals surface area contributed by atoms with Crippen molar-refractivity contribution in [2.75, 3.05) is 5.32 Å². The maximum absolute atomic E-state index is 12.9. The van der Waals surface area contributed by atoms with Crippen LogP contribution in [-0.2, 0) is 12.6 Å². The number of aromatic nitrogens is 2. The molecule has 0 saturated carbocycles. The number of benzene rings is 1. The Morgan fingerprint density at radius 1 is 1.16 bits per heavy atom. The molecule has 7 heteroatoms. The van der Waals surface area contributed by atoms with Crippen molar-refractivity contribution in [1.29, 1.82) is 0 Å². The van der Waals surface area contributed by atoms with Crippen LogP contribution in [0.2, 0.25) is 0 Å². The monoisotopic (exact) mass is 347 g/mol. The van der Waals surface area contributed by atoms with Crippen LogP contribution in [0.25, 0.3) is 5.65 Å². The fraction of sp³-hybridized carbons (Fsp3) is 0.222. The van der Waals surface area contributed by atoms with Crippen molar-refractivity contribution in [3.63, 3.8) is 0 Å². The van der Waals surface area contributed by atoms with Gasteiger partial charge < -0.3 is 5.32 Å². The molecule has 2 aromatic heterocycles. The first kappa shape index (κ1) is 17.0. The van der Waals surface area contributed by atoms with E-state index in [1.807, 2.05) is 19.1 Å². The van der Waals surface area contributed by atoms with Crippen LogP contribution in [-0.4, -0.2) is 15.3 Å². The van der Waals surface area contributed by atoms with Crippen LogP contribution in [0.5, 0.6) is 0 Å². The number of carbonyl (C=O) groups is 1. The zero-order valence-electron chi connectivity index (χ0n) is 13.7. The van der Waals surface area contributed by atoms with Gasteiger partial charge in [-0.3, -0.25) is 9.20 Å². The number of amides is 1. The van der Waals surface area contributed by atoms with Gasteiger partial charge in [0.15, 0.2) is 0 Å². The number of hydrogen-bond acceptors (Lipinski definition) is 2. The molecule has 0 aliphatic rings. The third-order valence-corrected chi connectivity index (χ3v) is 3.96. The largest absolute Gasteiger partial charge is 0.417 e. The Morgan fingerprint density at radius 2 is 1.84 bits per heavy atom. The lowest BCUT2D eigenvalue weighted by molar-refractivity contribution is -0.137. The van der Waals surface area contributed by atoms with Gasteiger partial charge in [-0.1, -0.05) is 19.1 Å². The molecule has 1 N–H and O–H groups in total. The second-order valence-electron chi connectivity index (χ2n) is 5.69. The van der Waals surface area contributed by atoms with Gasteiger partial charge in [0, 0.05) is 11.9 Å². The van der Waals surface area contributed by atoms with Gasteiger partial charge in [0.2, 0.25) is 0 Å². The summed E-state index contributed by atoms with van der Waals surface area (Å²) in [5.74, 6) is -0.506. The maximum Gasteiger partial charge on any atom is 0.417 e. The molecule has 0 atom stereocenters. The summed E-state index contributed by atoms with van der Waals surface area (Å²) in [5, 5.41) is 2.71. The number of nitrogens with zero attached hydrogens (tertiary/aromatic N) is 2. The number of aryl methyl sites for hydroxylation is 2. The van der Waals surface area contributed by atoms with Gasteiger partial charge in [0.05, 0.1) is 11.3 Å². The van der Waals surface area contributed by atoms with E-state index in [1.54, 1.807) is 19.1 Å². The van der Waals surface area contributed by atoms with Gasteiger partial charge in [-0.2, -0.15) is 13.2 Å². The molecule has 0 radical (unpaired) electrons. The lowest BCUT2D eigenvalue weighted by Gasteiger charge is -2.09. The number of anilines is 1. The highest BCUT2D eigenvalue weighted by Crippen LogP contribution is 2.30. The van der Waals surface area contributed by atoms with E-state index < -0.39 is 17.6 Å². The standard InChI is InChI=1S/C18H16F3N3O/c1-3-12-4-7-14(8-5-12)23-17(25)16-11(2)22-15-9-6-13(10-24(15)16)18(19,20)21/h4-10H,3H2,1-2H3,(H,23,25). The molecule has 0 spiro atoms. The molecule has 25 heavy (non-hydrogen) atoms. The van der Waals surface area contributed by atoms with Gasteiger partial charge in [0.25, 0.3) is 5.91 Å². The van der Waals surface area contributed by atoms with E-state index in [9.17, 15) is 18.0 Å². The number of carbonyl (C=O) groups excluding carboxylic acids is 1. The first-order chi connectivity index (χ1) is 11.8. The first-order valence-electron chi connectivity index (χ1n) is 7.76. The molecule has 0 aliphatic heterocycles. The highest BCUT2D eigenvalue weighted by Gasteiger charge is 2.31. The van der Waals surface area contributed by atoms with Crippen LogP contribution in [0.15, 0.2) is 42.6 Å². The van der Waals surface area contributed by atoms with Gasteiger partial charge >= 0.3 is 6.18 Å². The number of hydrogen-bond donors (Lipinski definition) is 1. The van der Waals surface area contributed by atoms with Gasteiger partial charge in [-0.05, 0) is 43.2 Å². The minimum atomic E-state index is -4.49. The second-order valence-corrected chi connectivity index (χ2v) is 5.69. The predicted octanol–water partition coefficient (Wildman–Crippen LogP) is 4.48. The number of nitrogens with one attached hydrogen (secondary N) is 1. The SMILES string of the molecule is CCc1ccc(NC(=O)c2c(C)nc3ccc(C(F)(F)F)cn23)cc1. The molecule has 3 rings (SSSR count). The topological polar surface area (TPSA) is 46.4 Å². The molecule has 3 aromatic rings. The van der Waals surface area contributed by atoms with Crippen LogP contribution in [0.1, 0.15) is 34.2 Å². The number of rotatable bonds is 3. The molecule has 130 valence electrons. The average Bonchev–Trinajstić information content (AvgIpc) is 2.89. The van der Waals surface area contributed by atoms with Crippen molar-refractivity contribution in [3.05, 3.63) is 65.1 Å². The Bertz CT molecular complexity index is 927. The Labute approximate surface area is 142 Å². The van der Waals surface area contributed by atoms with Crippen molar-refractivity contribution in [1.82, 2.24) is 9.38 Å². The minimum absolute atomic E-state index is 0.0840. The Kier molecular flexibility index (Phi) is 4.24. The summed E-state index contributed by atoms with van der Waals surface area (Å²) < 4.78 is 40.0. The third kappa shape index (κ3) is 3.35. The summed E-state index contributed by atoms with van der Waals surface area (Å²) in [6.45, 7) is 3.61. The molecular weight excluding hydrogens is 331 g/mol. The Hall–Kier alpha value is -2.83. The molecule has 0 saturated heterocycles. The molecular formula is C18H16F3N3O. The van der Waals surface area contributed by atoms with Gasteiger partial charge in [-0.25, -0.2) is 4.98 Å². The van der Waals surface area contributed by atoms with Gasteiger partial charge in [0.1, 0.15) is 11.3 Å². The summed E-state index contributed by atoms with van der Waals surface area (Å²) >= 11 is 0. The quantitative estimate of drug-likeness (QED) is 0.759. The molecule has 1 aromatic carbocycles. The second kappa shape index (κ2) is 6.23. The molecule has 1 amide bonds. The van der Waals surface area contributed by atoms with Crippen LogP contribution >= 0.6 is 0 Å². The maximum atomic E-state index is 12.9. The summed E-state index contributed by atoms with van der Waals surface area (Å²) in [5.41, 5.74) is 1.60. The lowest BCUT2D eigenvalue weighted by atomic mass is 10.1. The van der Waals surface area contributed by atoms with Crippen LogP contribution in [0.3, 0.4) is 0 Å². The average molecular weight is 347 g/mol. The highest BCUT2D eigenvalue weighted by atomic mass is 19.4. The van der Waals surface area contributed by atoms with Gasteiger partial charge in [-0.15, -0.1) is 0 Å². The molecule has 0 aliphatic carbocycles. The van der Waals surface area contributed by atoms with E-state index in [0.29, 0.717) is 11.4 Å². The summed E-state index contributed by atoms with van der Waals surface area (Å²) in [4.78, 5) is 16.7. The number of pyridine rings is 1. The number of fused-ring (bicyclic) bond motifs is 1.